The van der Waals surface area contributed by atoms with E-state index in [4.69, 9.17) is 0 Å². The number of amides is 1. The van der Waals surface area contributed by atoms with Crippen molar-refractivity contribution in [1.82, 2.24) is 4.90 Å². The normalized spacial score (nSPS) is 12.2. The Morgan fingerprint density at radius 2 is 2.00 bits per heavy atom. The molecule has 1 aromatic rings. The van der Waals surface area contributed by atoms with Crippen molar-refractivity contribution in [1.29, 1.82) is 0 Å². The minimum atomic E-state index is 0.0666. The third-order valence-corrected chi connectivity index (χ3v) is 2.18. The maximum Gasteiger partial charge on any atom is 0.253 e. The summed E-state index contributed by atoms with van der Waals surface area (Å²) in [5, 5.41) is 0. The van der Waals surface area contributed by atoms with E-state index in [-0.39, 0.29) is 5.91 Å². The number of halogens is 1. The van der Waals surface area contributed by atoms with Crippen molar-refractivity contribution in [3.63, 3.8) is 0 Å². The lowest BCUT2D eigenvalue weighted by Crippen LogP contribution is -2.31. The van der Waals surface area contributed by atoms with Gasteiger partial charge in [-0.1, -0.05) is 41.1 Å². The zero-order valence-corrected chi connectivity index (χ0v) is 9.99. The molecule has 0 aliphatic rings. The van der Waals surface area contributed by atoms with Crippen LogP contribution >= 0.6 is 15.9 Å². The maximum absolute atomic E-state index is 11.8. The molecular formula is C11H14BrNO. The van der Waals surface area contributed by atoms with Crippen LogP contribution in [0.1, 0.15) is 17.3 Å². The molecule has 1 amide bonds. The Labute approximate surface area is 93.0 Å². The summed E-state index contributed by atoms with van der Waals surface area (Å²) in [6, 6.07) is 9.32. The summed E-state index contributed by atoms with van der Waals surface area (Å²) in [6.45, 7) is 2.74. The van der Waals surface area contributed by atoms with Crippen LogP contribution in [0, 0.1) is 0 Å². The Bertz CT molecular complexity index is 297. The second kappa shape index (κ2) is 5.15. The van der Waals surface area contributed by atoms with Crippen LogP contribution in [0.15, 0.2) is 30.3 Å². The smallest absolute Gasteiger partial charge is 0.253 e. The van der Waals surface area contributed by atoms with E-state index in [9.17, 15) is 4.79 Å². The standard InChI is InChI=1S/C11H14BrNO/c1-9(12)8-13(2)11(14)10-6-4-3-5-7-10/h3-7,9H,8H2,1-2H3. The fourth-order valence-electron chi connectivity index (χ4n) is 1.26. The van der Waals surface area contributed by atoms with Crippen molar-refractivity contribution >= 4 is 21.8 Å². The summed E-state index contributed by atoms with van der Waals surface area (Å²) < 4.78 is 0. The SMILES string of the molecule is CC(Br)CN(C)C(=O)c1ccccc1. The molecule has 76 valence electrons. The molecule has 0 saturated heterocycles. The predicted molar refractivity (Wildman–Crippen MR) is 61.8 cm³/mol. The van der Waals surface area contributed by atoms with Gasteiger partial charge in [0.2, 0.25) is 0 Å². The molecule has 0 aromatic heterocycles. The first-order valence-corrected chi connectivity index (χ1v) is 5.47. The van der Waals surface area contributed by atoms with E-state index < -0.39 is 0 Å². The largest absolute Gasteiger partial charge is 0.341 e. The number of hydrogen-bond acceptors (Lipinski definition) is 1. The molecule has 0 N–H and O–H groups in total. The van der Waals surface area contributed by atoms with Crippen LogP contribution in [0.3, 0.4) is 0 Å². The molecule has 1 aromatic carbocycles. The van der Waals surface area contributed by atoms with Gasteiger partial charge in [0.05, 0.1) is 0 Å². The zero-order valence-electron chi connectivity index (χ0n) is 8.40. The van der Waals surface area contributed by atoms with Gasteiger partial charge in [0.25, 0.3) is 5.91 Å². The van der Waals surface area contributed by atoms with E-state index in [1.165, 1.54) is 0 Å². The number of benzene rings is 1. The highest BCUT2D eigenvalue weighted by molar-refractivity contribution is 9.09. The average molecular weight is 256 g/mol. The van der Waals surface area contributed by atoms with E-state index in [1.54, 1.807) is 4.90 Å². The number of alkyl halides is 1. The van der Waals surface area contributed by atoms with Crippen LogP contribution in [0.2, 0.25) is 0 Å². The monoisotopic (exact) mass is 255 g/mol. The minimum Gasteiger partial charge on any atom is -0.341 e. The zero-order chi connectivity index (χ0) is 10.6. The molecule has 0 radical (unpaired) electrons. The van der Waals surface area contributed by atoms with Gasteiger partial charge in [0.15, 0.2) is 0 Å². The van der Waals surface area contributed by atoms with Crippen molar-refractivity contribution in [2.45, 2.75) is 11.8 Å². The second-order valence-electron chi connectivity index (χ2n) is 3.33. The van der Waals surface area contributed by atoms with Crippen LogP contribution in [0.25, 0.3) is 0 Å². The Balaban J connectivity index is 2.66. The highest BCUT2D eigenvalue weighted by Crippen LogP contribution is 2.06. The van der Waals surface area contributed by atoms with Gasteiger partial charge in [-0.3, -0.25) is 4.79 Å². The molecule has 1 atom stereocenters. The first-order chi connectivity index (χ1) is 6.61. The van der Waals surface area contributed by atoms with Crippen molar-refractivity contribution in [2.24, 2.45) is 0 Å². The van der Waals surface area contributed by atoms with Crippen molar-refractivity contribution in [3.05, 3.63) is 35.9 Å². The Morgan fingerprint density at radius 1 is 1.43 bits per heavy atom. The van der Waals surface area contributed by atoms with Crippen LogP contribution in [-0.4, -0.2) is 29.2 Å². The molecule has 0 bridgehead atoms. The fourth-order valence-corrected chi connectivity index (χ4v) is 1.70. The molecule has 0 aliphatic carbocycles. The van der Waals surface area contributed by atoms with Gasteiger partial charge in [0.1, 0.15) is 0 Å². The summed E-state index contributed by atoms with van der Waals surface area (Å²) >= 11 is 3.42. The molecule has 0 fully saturated rings. The molecule has 3 heteroatoms. The average Bonchev–Trinajstić information content (AvgIpc) is 2.17. The number of carbonyl (C=O) groups is 1. The summed E-state index contributed by atoms with van der Waals surface area (Å²) in [4.78, 5) is 13.8. The highest BCUT2D eigenvalue weighted by atomic mass is 79.9. The molecule has 1 unspecified atom stereocenters. The molecule has 0 aliphatic heterocycles. The first kappa shape index (κ1) is 11.2. The number of rotatable bonds is 3. The summed E-state index contributed by atoms with van der Waals surface area (Å²) in [6.07, 6.45) is 0. The number of hydrogen-bond donors (Lipinski definition) is 0. The lowest BCUT2D eigenvalue weighted by atomic mass is 10.2. The van der Waals surface area contributed by atoms with E-state index in [2.05, 4.69) is 15.9 Å². The van der Waals surface area contributed by atoms with Gasteiger partial charge in [0, 0.05) is 24.0 Å². The third-order valence-electron chi connectivity index (χ3n) is 1.89. The lowest BCUT2D eigenvalue weighted by Gasteiger charge is -2.18. The van der Waals surface area contributed by atoms with Gasteiger partial charge in [-0.2, -0.15) is 0 Å². The van der Waals surface area contributed by atoms with Crippen molar-refractivity contribution in [3.8, 4) is 0 Å². The molecule has 2 nitrogen and oxygen atoms in total. The second-order valence-corrected chi connectivity index (χ2v) is 4.90. The third kappa shape index (κ3) is 3.14. The topological polar surface area (TPSA) is 20.3 Å². The van der Waals surface area contributed by atoms with Gasteiger partial charge in [-0.15, -0.1) is 0 Å². The summed E-state index contributed by atoms with van der Waals surface area (Å²) in [5.74, 6) is 0.0666. The first-order valence-electron chi connectivity index (χ1n) is 4.56. The fraction of sp³-hybridized carbons (Fsp3) is 0.364. The summed E-state index contributed by atoms with van der Waals surface area (Å²) in [5.41, 5.74) is 0.739. The van der Waals surface area contributed by atoms with E-state index in [0.717, 1.165) is 5.56 Å². The van der Waals surface area contributed by atoms with Crippen molar-refractivity contribution in [2.75, 3.05) is 13.6 Å². The van der Waals surface area contributed by atoms with Gasteiger partial charge < -0.3 is 4.90 Å². The van der Waals surface area contributed by atoms with Gasteiger partial charge >= 0.3 is 0 Å². The Hall–Kier alpha value is -0.830. The number of nitrogens with zero attached hydrogens (tertiary/aromatic N) is 1. The maximum atomic E-state index is 11.8. The molecule has 0 heterocycles. The van der Waals surface area contributed by atoms with E-state index >= 15 is 0 Å². The van der Waals surface area contributed by atoms with E-state index in [1.807, 2.05) is 44.3 Å². The highest BCUT2D eigenvalue weighted by Gasteiger charge is 2.11. The van der Waals surface area contributed by atoms with E-state index in [0.29, 0.717) is 11.4 Å². The Morgan fingerprint density at radius 3 is 2.50 bits per heavy atom. The van der Waals surface area contributed by atoms with Crippen molar-refractivity contribution < 1.29 is 4.79 Å². The molecule has 0 saturated carbocycles. The molecule has 14 heavy (non-hydrogen) atoms. The lowest BCUT2D eigenvalue weighted by molar-refractivity contribution is 0.0797. The number of carbonyl (C=O) groups excluding carboxylic acids is 1. The molecular weight excluding hydrogens is 242 g/mol. The molecule has 1 rings (SSSR count). The van der Waals surface area contributed by atoms with Gasteiger partial charge in [-0.05, 0) is 12.1 Å². The van der Waals surface area contributed by atoms with Crippen LogP contribution < -0.4 is 0 Å². The van der Waals surface area contributed by atoms with Gasteiger partial charge in [-0.25, -0.2) is 0 Å². The predicted octanol–water partition coefficient (Wildman–Crippen LogP) is 2.54. The minimum absolute atomic E-state index is 0.0666. The molecule has 0 spiro atoms. The Kier molecular flexibility index (Phi) is 4.14. The quantitative estimate of drug-likeness (QED) is 0.761. The summed E-state index contributed by atoms with van der Waals surface area (Å²) in [7, 11) is 1.81. The van der Waals surface area contributed by atoms with Crippen LogP contribution in [0.5, 0.6) is 0 Å². The van der Waals surface area contributed by atoms with Crippen LogP contribution in [-0.2, 0) is 0 Å². The van der Waals surface area contributed by atoms with Crippen LogP contribution in [0.4, 0.5) is 0 Å².